The van der Waals surface area contributed by atoms with Crippen molar-refractivity contribution in [1.82, 2.24) is 9.38 Å². The molecule has 132 valence electrons. The molecule has 3 heterocycles. The number of rotatable bonds is 5. The molecule has 0 fully saturated rings. The SMILES string of the molecule is Cc1ccc(S(=O)(=O)N(Cc2cnc3ccccn23)c2ccccc2)s1. The van der Waals surface area contributed by atoms with Gasteiger partial charge in [-0.3, -0.25) is 4.31 Å². The minimum absolute atomic E-state index is 0.203. The molecule has 1 aromatic carbocycles. The van der Waals surface area contributed by atoms with Crippen LogP contribution < -0.4 is 4.31 Å². The van der Waals surface area contributed by atoms with Gasteiger partial charge >= 0.3 is 0 Å². The highest BCUT2D eigenvalue weighted by molar-refractivity contribution is 7.94. The Morgan fingerprint density at radius 2 is 1.81 bits per heavy atom. The third-order valence-electron chi connectivity index (χ3n) is 4.10. The summed E-state index contributed by atoms with van der Waals surface area (Å²) in [6.07, 6.45) is 3.61. The van der Waals surface area contributed by atoms with Crippen LogP contribution in [0.25, 0.3) is 5.65 Å². The number of anilines is 1. The number of aromatic nitrogens is 2. The van der Waals surface area contributed by atoms with Gasteiger partial charge in [-0.2, -0.15) is 0 Å². The lowest BCUT2D eigenvalue weighted by Crippen LogP contribution is -2.30. The number of imidazole rings is 1. The molecule has 4 rings (SSSR count). The fourth-order valence-corrected chi connectivity index (χ4v) is 5.65. The van der Waals surface area contributed by atoms with Crippen LogP contribution in [-0.2, 0) is 16.6 Å². The number of hydrogen-bond acceptors (Lipinski definition) is 4. The molecular weight excluding hydrogens is 366 g/mol. The molecule has 0 radical (unpaired) electrons. The summed E-state index contributed by atoms with van der Waals surface area (Å²) in [6.45, 7) is 2.11. The average molecular weight is 383 g/mol. The van der Waals surface area contributed by atoms with Crippen LogP contribution in [0.4, 0.5) is 5.69 Å². The highest BCUT2D eigenvalue weighted by Gasteiger charge is 2.27. The van der Waals surface area contributed by atoms with Crippen molar-refractivity contribution >= 4 is 32.7 Å². The van der Waals surface area contributed by atoms with E-state index in [-0.39, 0.29) is 6.54 Å². The van der Waals surface area contributed by atoms with E-state index in [1.54, 1.807) is 24.4 Å². The van der Waals surface area contributed by atoms with E-state index in [1.165, 1.54) is 15.6 Å². The number of nitrogens with zero attached hydrogens (tertiary/aromatic N) is 3. The van der Waals surface area contributed by atoms with Crippen molar-refractivity contribution in [1.29, 1.82) is 0 Å². The molecule has 4 aromatic rings. The Morgan fingerprint density at radius 1 is 1.04 bits per heavy atom. The predicted molar refractivity (Wildman–Crippen MR) is 104 cm³/mol. The first-order valence-electron chi connectivity index (χ1n) is 8.11. The standard InChI is InChI=1S/C19H17N3O2S2/c1-15-10-11-19(25-15)26(23,24)22(16-7-3-2-4-8-16)14-17-13-20-18-9-5-6-12-21(17)18/h2-13H,14H2,1H3. The van der Waals surface area contributed by atoms with Gasteiger partial charge in [0.1, 0.15) is 9.86 Å². The van der Waals surface area contributed by atoms with Crippen LogP contribution in [0.5, 0.6) is 0 Å². The van der Waals surface area contributed by atoms with Crippen molar-refractivity contribution in [3.05, 3.63) is 83.6 Å². The zero-order chi connectivity index (χ0) is 18.1. The maximum Gasteiger partial charge on any atom is 0.274 e. The number of benzene rings is 1. The zero-order valence-electron chi connectivity index (χ0n) is 14.1. The van der Waals surface area contributed by atoms with E-state index >= 15 is 0 Å². The van der Waals surface area contributed by atoms with Crippen LogP contribution in [0.2, 0.25) is 0 Å². The molecular formula is C19H17N3O2S2. The number of thiophene rings is 1. The second kappa shape index (κ2) is 6.59. The van der Waals surface area contributed by atoms with Crippen LogP contribution in [0.1, 0.15) is 10.6 Å². The topological polar surface area (TPSA) is 54.7 Å². The molecule has 3 aromatic heterocycles. The van der Waals surface area contributed by atoms with Gasteiger partial charge in [0.2, 0.25) is 0 Å². The van der Waals surface area contributed by atoms with Gasteiger partial charge < -0.3 is 4.40 Å². The Labute approximate surface area is 156 Å². The summed E-state index contributed by atoms with van der Waals surface area (Å²) in [5.74, 6) is 0. The van der Waals surface area contributed by atoms with Crippen molar-refractivity contribution in [2.24, 2.45) is 0 Å². The summed E-state index contributed by atoms with van der Waals surface area (Å²) in [5.41, 5.74) is 2.23. The average Bonchev–Trinajstić information content (AvgIpc) is 3.27. The fraction of sp³-hybridized carbons (Fsp3) is 0.105. The van der Waals surface area contributed by atoms with Gasteiger partial charge in [-0.1, -0.05) is 24.3 Å². The quantitative estimate of drug-likeness (QED) is 0.521. The summed E-state index contributed by atoms with van der Waals surface area (Å²) in [7, 11) is -3.67. The monoisotopic (exact) mass is 383 g/mol. The van der Waals surface area contributed by atoms with E-state index < -0.39 is 10.0 Å². The number of para-hydroxylation sites is 1. The third kappa shape index (κ3) is 3.00. The summed E-state index contributed by atoms with van der Waals surface area (Å²) < 4.78 is 30.3. The predicted octanol–water partition coefficient (Wildman–Crippen LogP) is 4.10. The molecule has 0 saturated heterocycles. The Balaban J connectivity index is 1.82. The van der Waals surface area contributed by atoms with Crippen molar-refractivity contribution in [2.45, 2.75) is 17.7 Å². The number of pyridine rings is 1. The van der Waals surface area contributed by atoms with E-state index in [9.17, 15) is 8.42 Å². The second-order valence-corrected chi connectivity index (χ2v) is 9.27. The maximum absolute atomic E-state index is 13.3. The summed E-state index contributed by atoms with van der Waals surface area (Å²) in [5, 5.41) is 0. The lowest BCUT2D eigenvalue weighted by atomic mass is 10.3. The van der Waals surface area contributed by atoms with Crippen molar-refractivity contribution < 1.29 is 8.42 Å². The Kier molecular flexibility index (Phi) is 4.26. The summed E-state index contributed by atoms with van der Waals surface area (Å²) in [4.78, 5) is 5.33. The summed E-state index contributed by atoms with van der Waals surface area (Å²) in [6, 6.07) is 18.4. The molecule has 0 spiro atoms. The van der Waals surface area contributed by atoms with E-state index in [4.69, 9.17) is 0 Å². The molecule has 0 atom stereocenters. The van der Waals surface area contributed by atoms with Gasteiger partial charge in [0.05, 0.1) is 24.1 Å². The van der Waals surface area contributed by atoms with Gasteiger partial charge in [0.25, 0.3) is 10.0 Å². The van der Waals surface area contributed by atoms with Crippen LogP contribution in [-0.4, -0.2) is 17.8 Å². The van der Waals surface area contributed by atoms with Crippen molar-refractivity contribution in [3.63, 3.8) is 0 Å². The molecule has 0 amide bonds. The van der Waals surface area contributed by atoms with E-state index in [0.717, 1.165) is 16.2 Å². The van der Waals surface area contributed by atoms with Crippen LogP contribution in [0.3, 0.4) is 0 Å². The Bertz CT molecular complexity index is 1150. The van der Waals surface area contributed by atoms with Crippen molar-refractivity contribution in [3.8, 4) is 0 Å². The highest BCUT2D eigenvalue weighted by Crippen LogP contribution is 2.30. The molecule has 0 aliphatic carbocycles. The minimum atomic E-state index is -3.67. The molecule has 0 aliphatic heterocycles. The first-order valence-corrected chi connectivity index (χ1v) is 10.4. The summed E-state index contributed by atoms with van der Waals surface area (Å²) >= 11 is 1.28. The lowest BCUT2D eigenvalue weighted by molar-refractivity contribution is 0.592. The van der Waals surface area contributed by atoms with Gasteiger partial charge in [-0.15, -0.1) is 11.3 Å². The molecule has 26 heavy (non-hydrogen) atoms. The zero-order valence-corrected chi connectivity index (χ0v) is 15.7. The Morgan fingerprint density at radius 3 is 2.54 bits per heavy atom. The maximum atomic E-state index is 13.3. The first-order chi connectivity index (χ1) is 12.6. The van der Waals surface area contributed by atoms with Gasteiger partial charge in [-0.05, 0) is 43.3 Å². The third-order valence-corrected chi connectivity index (χ3v) is 7.35. The number of hydrogen-bond donors (Lipinski definition) is 0. The molecule has 5 nitrogen and oxygen atoms in total. The van der Waals surface area contributed by atoms with E-state index in [0.29, 0.717) is 9.90 Å². The number of aryl methyl sites for hydroxylation is 1. The van der Waals surface area contributed by atoms with Crippen molar-refractivity contribution in [2.75, 3.05) is 4.31 Å². The second-order valence-electron chi connectivity index (χ2n) is 5.89. The highest BCUT2D eigenvalue weighted by atomic mass is 32.2. The van der Waals surface area contributed by atoms with Gasteiger partial charge in [0.15, 0.2) is 0 Å². The molecule has 7 heteroatoms. The normalized spacial score (nSPS) is 11.7. The largest absolute Gasteiger partial charge is 0.302 e. The van der Waals surface area contributed by atoms with E-state index in [1.807, 2.05) is 60.0 Å². The minimum Gasteiger partial charge on any atom is -0.302 e. The van der Waals surface area contributed by atoms with Crippen LogP contribution >= 0.6 is 11.3 Å². The molecule has 0 unspecified atom stereocenters. The van der Waals surface area contributed by atoms with E-state index in [2.05, 4.69) is 4.98 Å². The first kappa shape index (κ1) is 16.8. The molecule has 0 saturated carbocycles. The molecule has 0 bridgehead atoms. The fourth-order valence-electron chi connectivity index (χ4n) is 2.82. The number of sulfonamides is 1. The molecule has 0 N–H and O–H groups in total. The smallest absolute Gasteiger partial charge is 0.274 e. The van der Waals surface area contributed by atoms with Gasteiger partial charge in [0, 0.05) is 11.1 Å². The molecule has 0 aliphatic rings. The lowest BCUT2D eigenvalue weighted by Gasteiger charge is -2.23. The number of fused-ring (bicyclic) bond motifs is 1. The van der Waals surface area contributed by atoms with Gasteiger partial charge in [-0.25, -0.2) is 13.4 Å². The Hall–Kier alpha value is -2.64. The van der Waals surface area contributed by atoms with Crippen LogP contribution in [0, 0.1) is 6.92 Å². The van der Waals surface area contributed by atoms with Crippen LogP contribution in [0.15, 0.2) is 77.3 Å².